The Bertz CT molecular complexity index is 457. The van der Waals surface area contributed by atoms with Gasteiger partial charge in [0, 0.05) is 18.2 Å². The number of anilines is 1. The number of hydrogen-bond acceptors (Lipinski definition) is 3. The first-order valence-corrected chi connectivity index (χ1v) is 6.83. The summed E-state index contributed by atoms with van der Waals surface area (Å²) < 4.78 is 5.84. The number of nitrogens with one attached hydrogen (secondary N) is 2. The fraction of sp³-hybridized carbons (Fsp3) is 0.533. The smallest absolute Gasteiger partial charge is 0.224 e. The van der Waals surface area contributed by atoms with Crippen LogP contribution in [0.4, 0.5) is 5.69 Å². The molecule has 2 N–H and O–H groups in total. The summed E-state index contributed by atoms with van der Waals surface area (Å²) in [6.45, 7) is 5.00. The molecule has 0 saturated carbocycles. The molecule has 0 aliphatic carbocycles. The molecular formula is C15H22N2O2. The number of ether oxygens (including phenoxy) is 1. The van der Waals surface area contributed by atoms with E-state index >= 15 is 0 Å². The summed E-state index contributed by atoms with van der Waals surface area (Å²) in [6, 6.07) is 6.21. The average Bonchev–Trinajstić information content (AvgIpc) is 2.39. The van der Waals surface area contributed by atoms with E-state index in [-0.39, 0.29) is 5.91 Å². The van der Waals surface area contributed by atoms with E-state index in [1.807, 2.05) is 25.2 Å². The Kier molecular flexibility index (Phi) is 4.43. The third-order valence-electron chi connectivity index (χ3n) is 3.58. The molecule has 1 aromatic rings. The highest BCUT2D eigenvalue weighted by atomic mass is 16.5. The second kappa shape index (κ2) is 6.06. The Morgan fingerprint density at radius 3 is 2.84 bits per heavy atom. The zero-order valence-corrected chi connectivity index (χ0v) is 11.8. The van der Waals surface area contributed by atoms with Gasteiger partial charge in [-0.05, 0) is 43.1 Å². The lowest BCUT2D eigenvalue weighted by Gasteiger charge is -2.22. The minimum Gasteiger partial charge on any atom is -0.492 e. The Morgan fingerprint density at radius 2 is 2.16 bits per heavy atom. The molecule has 2 rings (SSSR count). The van der Waals surface area contributed by atoms with Crippen molar-refractivity contribution in [3.63, 3.8) is 0 Å². The summed E-state index contributed by atoms with van der Waals surface area (Å²) in [7, 11) is 1.95. The first kappa shape index (κ1) is 13.9. The topological polar surface area (TPSA) is 50.4 Å². The molecule has 0 spiro atoms. The third kappa shape index (κ3) is 3.47. The van der Waals surface area contributed by atoms with Crippen LogP contribution < -0.4 is 15.4 Å². The minimum absolute atomic E-state index is 0.0937. The molecule has 19 heavy (non-hydrogen) atoms. The maximum Gasteiger partial charge on any atom is 0.224 e. The molecule has 0 bridgehead atoms. The standard InChI is InChI=1S/C15H22N2O2/c1-10(2)14(16-3)9-19-12-5-6-13-11(8-12)4-7-15(18)17-13/h5-6,8,10,14,16H,4,7,9H2,1-3H3,(H,17,18). The van der Waals surface area contributed by atoms with Crippen LogP contribution in [0.5, 0.6) is 5.75 Å². The number of aryl methyl sites for hydroxylation is 1. The lowest BCUT2D eigenvalue weighted by atomic mass is 10.0. The number of carbonyl (C=O) groups excluding carboxylic acids is 1. The zero-order chi connectivity index (χ0) is 13.8. The molecule has 4 nitrogen and oxygen atoms in total. The van der Waals surface area contributed by atoms with Crippen molar-refractivity contribution in [1.82, 2.24) is 5.32 Å². The molecule has 0 aromatic heterocycles. The van der Waals surface area contributed by atoms with Crippen LogP contribution in [0.2, 0.25) is 0 Å². The minimum atomic E-state index is 0.0937. The normalized spacial score (nSPS) is 15.9. The van der Waals surface area contributed by atoms with Crippen molar-refractivity contribution >= 4 is 11.6 Å². The Labute approximate surface area is 114 Å². The van der Waals surface area contributed by atoms with Crippen LogP contribution in [0.15, 0.2) is 18.2 Å². The van der Waals surface area contributed by atoms with Crippen molar-refractivity contribution in [2.45, 2.75) is 32.7 Å². The van der Waals surface area contributed by atoms with Gasteiger partial charge in [0.1, 0.15) is 12.4 Å². The van der Waals surface area contributed by atoms with Crippen LogP contribution in [0, 0.1) is 5.92 Å². The quantitative estimate of drug-likeness (QED) is 0.855. The van der Waals surface area contributed by atoms with Gasteiger partial charge in [-0.15, -0.1) is 0 Å². The largest absolute Gasteiger partial charge is 0.492 e. The fourth-order valence-corrected chi connectivity index (χ4v) is 2.24. The molecule has 1 unspecified atom stereocenters. The van der Waals surface area contributed by atoms with Crippen LogP contribution in [-0.4, -0.2) is 25.6 Å². The summed E-state index contributed by atoms with van der Waals surface area (Å²) in [5.41, 5.74) is 2.07. The number of fused-ring (bicyclic) bond motifs is 1. The molecule has 1 atom stereocenters. The number of amides is 1. The number of hydrogen-bond donors (Lipinski definition) is 2. The van der Waals surface area contributed by atoms with Gasteiger partial charge in [-0.25, -0.2) is 0 Å². The number of benzene rings is 1. The van der Waals surface area contributed by atoms with Crippen LogP contribution in [0.25, 0.3) is 0 Å². The lowest BCUT2D eigenvalue weighted by molar-refractivity contribution is -0.116. The fourth-order valence-electron chi connectivity index (χ4n) is 2.24. The van der Waals surface area contributed by atoms with Gasteiger partial charge in [0.2, 0.25) is 5.91 Å². The Balaban J connectivity index is 2.00. The van der Waals surface area contributed by atoms with Gasteiger partial charge >= 0.3 is 0 Å². The molecule has 1 heterocycles. The predicted molar refractivity (Wildman–Crippen MR) is 76.6 cm³/mol. The summed E-state index contributed by atoms with van der Waals surface area (Å²) in [5.74, 6) is 1.49. The van der Waals surface area contributed by atoms with Gasteiger partial charge < -0.3 is 15.4 Å². The first-order valence-electron chi connectivity index (χ1n) is 6.83. The summed E-state index contributed by atoms with van der Waals surface area (Å²) in [5, 5.41) is 6.13. The van der Waals surface area contributed by atoms with E-state index in [2.05, 4.69) is 24.5 Å². The number of rotatable bonds is 5. The second-order valence-corrected chi connectivity index (χ2v) is 5.32. The van der Waals surface area contributed by atoms with Crippen molar-refractivity contribution in [3.05, 3.63) is 23.8 Å². The van der Waals surface area contributed by atoms with E-state index in [4.69, 9.17) is 4.74 Å². The molecule has 0 saturated heterocycles. The predicted octanol–water partition coefficient (Wildman–Crippen LogP) is 2.19. The van der Waals surface area contributed by atoms with E-state index in [0.717, 1.165) is 23.4 Å². The number of carbonyl (C=O) groups is 1. The van der Waals surface area contributed by atoms with Crippen molar-refractivity contribution < 1.29 is 9.53 Å². The SMILES string of the molecule is CNC(COc1ccc2c(c1)CCC(=O)N2)C(C)C. The first-order chi connectivity index (χ1) is 9.10. The van der Waals surface area contributed by atoms with Gasteiger partial charge in [-0.1, -0.05) is 13.8 Å². The lowest BCUT2D eigenvalue weighted by Crippen LogP contribution is -2.36. The van der Waals surface area contributed by atoms with E-state index in [9.17, 15) is 4.79 Å². The van der Waals surface area contributed by atoms with Crippen LogP contribution in [0.1, 0.15) is 25.8 Å². The molecule has 1 aliphatic rings. The van der Waals surface area contributed by atoms with Gasteiger partial charge in [-0.2, -0.15) is 0 Å². The molecule has 1 amide bonds. The molecule has 1 aliphatic heterocycles. The van der Waals surface area contributed by atoms with E-state index in [1.54, 1.807) is 0 Å². The van der Waals surface area contributed by atoms with E-state index in [1.165, 1.54) is 0 Å². The van der Waals surface area contributed by atoms with Crippen molar-refractivity contribution in [2.24, 2.45) is 5.92 Å². The van der Waals surface area contributed by atoms with E-state index < -0.39 is 0 Å². The van der Waals surface area contributed by atoms with Gasteiger partial charge in [0.25, 0.3) is 0 Å². The molecule has 0 radical (unpaired) electrons. The molecule has 0 fully saturated rings. The van der Waals surface area contributed by atoms with Crippen molar-refractivity contribution in [1.29, 1.82) is 0 Å². The number of likely N-dealkylation sites (N-methyl/N-ethyl adjacent to an activating group) is 1. The molecular weight excluding hydrogens is 240 g/mol. The van der Waals surface area contributed by atoms with Crippen molar-refractivity contribution in [3.8, 4) is 5.75 Å². The summed E-state index contributed by atoms with van der Waals surface area (Å²) in [4.78, 5) is 11.3. The summed E-state index contributed by atoms with van der Waals surface area (Å²) in [6.07, 6.45) is 1.35. The van der Waals surface area contributed by atoms with Gasteiger partial charge in [0.15, 0.2) is 0 Å². The van der Waals surface area contributed by atoms with Crippen molar-refractivity contribution in [2.75, 3.05) is 19.0 Å². The maximum atomic E-state index is 11.3. The van der Waals surface area contributed by atoms with Gasteiger partial charge in [0.05, 0.1) is 0 Å². The summed E-state index contributed by atoms with van der Waals surface area (Å²) >= 11 is 0. The molecule has 1 aromatic carbocycles. The van der Waals surface area contributed by atoms with Crippen LogP contribution >= 0.6 is 0 Å². The molecule has 4 heteroatoms. The molecule has 104 valence electrons. The average molecular weight is 262 g/mol. The van der Waals surface area contributed by atoms with E-state index in [0.29, 0.717) is 25.0 Å². The highest BCUT2D eigenvalue weighted by molar-refractivity contribution is 5.93. The zero-order valence-electron chi connectivity index (χ0n) is 11.8. The monoisotopic (exact) mass is 262 g/mol. The Morgan fingerprint density at radius 1 is 1.37 bits per heavy atom. The highest BCUT2D eigenvalue weighted by Crippen LogP contribution is 2.26. The highest BCUT2D eigenvalue weighted by Gasteiger charge is 2.16. The Hall–Kier alpha value is -1.55. The van der Waals surface area contributed by atoms with Crippen LogP contribution in [0.3, 0.4) is 0 Å². The van der Waals surface area contributed by atoms with Gasteiger partial charge in [-0.3, -0.25) is 4.79 Å². The van der Waals surface area contributed by atoms with Crippen LogP contribution in [-0.2, 0) is 11.2 Å². The third-order valence-corrected chi connectivity index (χ3v) is 3.58. The maximum absolute atomic E-state index is 11.3. The second-order valence-electron chi connectivity index (χ2n) is 5.32.